The molecule has 1 heterocycles. The zero-order valence-electron chi connectivity index (χ0n) is 11.0. The van der Waals surface area contributed by atoms with Crippen LogP contribution in [0.4, 0.5) is 4.39 Å². The molecule has 5 nitrogen and oxygen atoms in total. The zero-order valence-corrected chi connectivity index (χ0v) is 12.6. The molecule has 1 amide bonds. The smallest absolute Gasteiger partial charge is 0.223 e. The molecule has 21 heavy (non-hydrogen) atoms. The summed E-state index contributed by atoms with van der Waals surface area (Å²) in [5.74, 6) is -0.658. The second kappa shape index (κ2) is 5.34. The summed E-state index contributed by atoms with van der Waals surface area (Å²) in [6.07, 6.45) is 1.75. The SMILES string of the molecule is O=C(NCCS(=O)(=O)c1nc2ccc(F)cc2s1)C1CC1. The van der Waals surface area contributed by atoms with Crippen molar-refractivity contribution in [3.63, 3.8) is 0 Å². The van der Waals surface area contributed by atoms with Gasteiger partial charge >= 0.3 is 0 Å². The number of benzene rings is 1. The molecule has 8 heteroatoms. The monoisotopic (exact) mass is 328 g/mol. The quantitative estimate of drug-likeness (QED) is 0.907. The molecular formula is C13H13FN2O3S2. The summed E-state index contributed by atoms with van der Waals surface area (Å²) in [4.78, 5) is 15.5. The molecule has 0 radical (unpaired) electrons. The van der Waals surface area contributed by atoms with Gasteiger partial charge in [0.15, 0.2) is 0 Å². The number of sulfone groups is 1. The molecule has 3 rings (SSSR count). The molecule has 1 aromatic heterocycles. The molecule has 0 aliphatic heterocycles. The Morgan fingerprint density at radius 3 is 2.90 bits per heavy atom. The highest BCUT2D eigenvalue weighted by atomic mass is 32.2. The predicted octanol–water partition coefficient (Wildman–Crippen LogP) is 1.74. The molecule has 0 bridgehead atoms. The number of halogens is 1. The first kappa shape index (κ1) is 14.4. The van der Waals surface area contributed by atoms with E-state index in [0.29, 0.717) is 10.2 Å². The Kier molecular flexibility index (Phi) is 3.66. The maximum absolute atomic E-state index is 13.1. The Bertz CT molecular complexity index is 797. The second-order valence-electron chi connectivity index (χ2n) is 4.98. The van der Waals surface area contributed by atoms with Crippen molar-refractivity contribution in [1.82, 2.24) is 10.3 Å². The predicted molar refractivity (Wildman–Crippen MR) is 77.4 cm³/mol. The van der Waals surface area contributed by atoms with Crippen LogP contribution in [0.2, 0.25) is 0 Å². The fraction of sp³-hybridized carbons (Fsp3) is 0.385. The summed E-state index contributed by atoms with van der Waals surface area (Å²) in [5.41, 5.74) is 0.460. The lowest BCUT2D eigenvalue weighted by Crippen LogP contribution is -2.30. The Morgan fingerprint density at radius 1 is 1.43 bits per heavy atom. The molecule has 112 valence electrons. The van der Waals surface area contributed by atoms with E-state index in [2.05, 4.69) is 10.3 Å². The third-order valence-corrected chi connectivity index (χ3v) is 6.40. The number of carbonyl (C=O) groups is 1. The van der Waals surface area contributed by atoms with Crippen molar-refractivity contribution in [2.75, 3.05) is 12.3 Å². The fourth-order valence-electron chi connectivity index (χ4n) is 1.90. The van der Waals surface area contributed by atoms with E-state index in [1.807, 2.05) is 0 Å². The maximum atomic E-state index is 13.1. The van der Waals surface area contributed by atoms with Gasteiger partial charge in [-0.05, 0) is 31.0 Å². The number of carbonyl (C=O) groups excluding carboxylic acids is 1. The normalized spacial score (nSPS) is 15.3. The minimum absolute atomic E-state index is 0.0382. The lowest BCUT2D eigenvalue weighted by atomic mass is 10.3. The molecule has 1 aliphatic rings. The maximum Gasteiger partial charge on any atom is 0.223 e. The Morgan fingerprint density at radius 2 is 2.19 bits per heavy atom. The summed E-state index contributed by atoms with van der Waals surface area (Å²) >= 11 is 0.944. The number of hydrogen-bond acceptors (Lipinski definition) is 5. The molecule has 0 unspecified atom stereocenters. The highest BCUT2D eigenvalue weighted by molar-refractivity contribution is 7.93. The van der Waals surface area contributed by atoms with Gasteiger partial charge in [0.1, 0.15) is 5.82 Å². The Hall–Kier alpha value is -1.54. The third kappa shape index (κ3) is 3.21. The van der Waals surface area contributed by atoms with Gasteiger partial charge in [-0.15, -0.1) is 11.3 Å². The van der Waals surface area contributed by atoms with Crippen LogP contribution in [0.1, 0.15) is 12.8 Å². The van der Waals surface area contributed by atoms with E-state index in [0.717, 1.165) is 24.2 Å². The van der Waals surface area contributed by atoms with Crippen LogP contribution in [-0.4, -0.2) is 31.6 Å². The molecule has 1 aliphatic carbocycles. The van der Waals surface area contributed by atoms with Crippen LogP contribution in [0.5, 0.6) is 0 Å². The molecule has 0 atom stereocenters. The van der Waals surface area contributed by atoms with Crippen LogP contribution in [0.15, 0.2) is 22.5 Å². The number of nitrogens with one attached hydrogen (secondary N) is 1. The van der Waals surface area contributed by atoms with Crippen molar-refractivity contribution < 1.29 is 17.6 Å². The van der Waals surface area contributed by atoms with Crippen LogP contribution < -0.4 is 5.32 Å². The average molecular weight is 328 g/mol. The van der Waals surface area contributed by atoms with Crippen LogP contribution in [0.3, 0.4) is 0 Å². The fourth-order valence-corrected chi connectivity index (χ4v) is 4.43. The minimum Gasteiger partial charge on any atom is -0.355 e. The van der Waals surface area contributed by atoms with Crippen LogP contribution in [-0.2, 0) is 14.6 Å². The van der Waals surface area contributed by atoms with Gasteiger partial charge in [0, 0.05) is 12.5 Å². The number of hydrogen-bond donors (Lipinski definition) is 1. The number of rotatable bonds is 5. The first-order valence-electron chi connectivity index (χ1n) is 6.52. The van der Waals surface area contributed by atoms with Crippen LogP contribution in [0.25, 0.3) is 10.2 Å². The van der Waals surface area contributed by atoms with E-state index in [-0.39, 0.29) is 28.5 Å². The number of nitrogens with zero attached hydrogens (tertiary/aromatic N) is 1. The molecule has 2 aromatic rings. The summed E-state index contributed by atoms with van der Waals surface area (Å²) in [6, 6.07) is 3.96. The molecule has 1 N–H and O–H groups in total. The van der Waals surface area contributed by atoms with Gasteiger partial charge < -0.3 is 5.32 Å². The summed E-state index contributed by atoms with van der Waals surface area (Å²) in [5, 5.41) is 2.61. The molecule has 1 aromatic carbocycles. The van der Waals surface area contributed by atoms with Gasteiger partial charge in [-0.25, -0.2) is 17.8 Å². The Labute approximate surface area is 125 Å². The second-order valence-corrected chi connectivity index (χ2v) is 8.29. The highest BCUT2D eigenvalue weighted by Crippen LogP contribution is 2.29. The average Bonchev–Trinajstić information content (AvgIpc) is 3.18. The van der Waals surface area contributed by atoms with Crippen molar-refractivity contribution in [3.8, 4) is 0 Å². The molecule has 0 spiro atoms. The van der Waals surface area contributed by atoms with E-state index in [1.165, 1.54) is 18.2 Å². The topological polar surface area (TPSA) is 76.1 Å². The van der Waals surface area contributed by atoms with Crippen molar-refractivity contribution in [2.24, 2.45) is 5.92 Å². The van der Waals surface area contributed by atoms with Gasteiger partial charge in [0.05, 0.1) is 16.0 Å². The first-order chi connectivity index (χ1) is 9.95. The lowest BCUT2D eigenvalue weighted by molar-refractivity contribution is -0.122. The number of fused-ring (bicyclic) bond motifs is 1. The lowest BCUT2D eigenvalue weighted by Gasteiger charge is -2.03. The Balaban J connectivity index is 1.71. The zero-order chi connectivity index (χ0) is 15.0. The third-order valence-electron chi connectivity index (χ3n) is 3.22. The van der Waals surface area contributed by atoms with E-state index < -0.39 is 15.7 Å². The van der Waals surface area contributed by atoms with Crippen LogP contribution in [0, 0.1) is 11.7 Å². The number of thiazole rings is 1. The summed E-state index contributed by atoms with van der Waals surface area (Å²) < 4.78 is 37.9. The van der Waals surface area contributed by atoms with E-state index >= 15 is 0 Å². The first-order valence-corrected chi connectivity index (χ1v) is 8.99. The standard InChI is InChI=1S/C13H13FN2O3S2/c14-9-3-4-10-11(7-9)20-13(16-10)21(18,19)6-5-15-12(17)8-1-2-8/h3-4,7-8H,1-2,5-6H2,(H,15,17). The van der Waals surface area contributed by atoms with E-state index in [1.54, 1.807) is 0 Å². The summed E-state index contributed by atoms with van der Waals surface area (Å²) in [6.45, 7) is 0.0714. The van der Waals surface area contributed by atoms with Crippen LogP contribution >= 0.6 is 11.3 Å². The molecular weight excluding hydrogens is 315 g/mol. The van der Waals surface area contributed by atoms with Crippen molar-refractivity contribution in [3.05, 3.63) is 24.0 Å². The van der Waals surface area contributed by atoms with Gasteiger partial charge in [-0.3, -0.25) is 4.79 Å². The van der Waals surface area contributed by atoms with E-state index in [9.17, 15) is 17.6 Å². The van der Waals surface area contributed by atoms with E-state index in [4.69, 9.17) is 0 Å². The summed E-state index contributed by atoms with van der Waals surface area (Å²) in [7, 11) is -3.57. The number of aromatic nitrogens is 1. The minimum atomic E-state index is -3.57. The van der Waals surface area contributed by atoms with Gasteiger partial charge in [-0.2, -0.15) is 0 Å². The molecule has 0 saturated heterocycles. The van der Waals surface area contributed by atoms with Gasteiger partial charge in [0.2, 0.25) is 20.1 Å². The largest absolute Gasteiger partial charge is 0.355 e. The van der Waals surface area contributed by atoms with Crippen molar-refractivity contribution in [2.45, 2.75) is 17.2 Å². The molecule has 1 saturated carbocycles. The van der Waals surface area contributed by atoms with Gasteiger partial charge in [-0.1, -0.05) is 0 Å². The molecule has 1 fully saturated rings. The van der Waals surface area contributed by atoms with Crippen molar-refractivity contribution in [1.29, 1.82) is 0 Å². The van der Waals surface area contributed by atoms with Crippen molar-refractivity contribution >= 4 is 37.3 Å². The number of amides is 1. The highest BCUT2D eigenvalue weighted by Gasteiger charge is 2.29. The van der Waals surface area contributed by atoms with Gasteiger partial charge in [0.25, 0.3) is 0 Å².